The van der Waals surface area contributed by atoms with E-state index in [2.05, 4.69) is 11.9 Å². The summed E-state index contributed by atoms with van der Waals surface area (Å²) in [6.45, 7) is 4.43. The van der Waals surface area contributed by atoms with Crippen LogP contribution in [0.25, 0.3) is 0 Å². The molecule has 5 nitrogen and oxygen atoms in total. The van der Waals surface area contributed by atoms with Gasteiger partial charge in [0.2, 0.25) is 5.91 Å². The van der Waals surface area contributed by atoms with Crippen LogP contribution in [0.3, 0.4) is 0 Å². The number of carbonyl (C=O) groups excluding carboxylic acids is 2. The summed E-state index contributed by atoms with van der Waals surface area (Å²) in [6, 6.07) is 18.7. The second kappa shape index (κ2) is 7.54. The fourth-order valence-corrected chi connectivity index (χ4v) is 3.18. The molecule has 0 saturated carbocycles. The number of carbonyl (C=O) groups is 2. The summed E-state index contributed by atoms with van der Waals surface area (Å²) < 4.78 is 0. The van der Waals surface area contributed by atoms with Gasteiger partial charge in [-0.25, -0.2) is 0 Å². The number of anilines is 1. The molecule has 26 heavy (non-hydrogen) atoms. The number of β-amino-alcohol motifs (C(OH)–C–C–N with tert-alkyl or cyclic N) is 1. The Labute approximate surface area is 153 Å². The number of hydrogen-bond acceptors (Lipinski definition) is 3. The number of nitrogens with one attached hydrogen (secondary N) is 1. The fraction of sp³-hybridized carbons (Fsp3) is 0.238. The highest BCUT2D eigenvalue weighted by atomic mass is 16.3. The average molecular weight is 350 g/mol. The first-order chi connectivity index (χ1) is 12.5. The number of para-hydroxylation sites is 1. The topological polar surface area (TPSA) is 69.6 Å². The van der Waals surface area contributed by atoms with Gasteiger partial charge in [-0.1, -0.05) is 55.1 Å². The van der Waals surface area contributed by atoms with Crippen LogP contribution in [0.4, 0.5) is 5.69 Å². The monoisotopic (exact) mass is 350 g/mol. The van der Waals surface area contributed by atoms with Crippen LogP contribution in [0.2, 0.25) is 0 Å². The number of hydrogen-bond donors (Lipinski definition) is 2. The van der Waals surface area contributed by atoms with E-state index < -0.39 is 5.60 Å². The SMILES string of the molecule is C=C(CC1(O)CC(=O)N(Cc2ccccc2)C1)C(=O)Nc1ccccc1. The third-order valence-electron chi connectivity index (χ3n) is 4.43. The Morgan fingerprint density at radius 2 is 1.73 bits per heavy atom. The molecule has 2 amide bonds. The lowest BCUT2D eigenvalue weighted by molar-refractivity contribution is -0.128. The van der Waals surface area contributed by atoms with Gasteiger partial charge >= 0.3 is 0 Å². The van der Waals surface area contributed by atoms with Gasteiger partial charge < -0.3 is 15.3 Å². The maximum absolute atomic E-state index is 12.3. The van der Waals surface area contributed by atoms with E-state index in [1.807, 2.05) is 48.5 Å². The molecule has 2 N–H and O–H groups in total. The molecule has 5 heteroatoms. The van der Waals surface area contributed by atoms with Crippen LogP contribution in [-0.4, -0.2) is 34.0 Å². The van der Waals surface area contributed by atoms with E-state index >= 15 is 0 Å². The van der Waals surface area contributed by atoms with E-state index in [4.69, 9.17) is 0 Å². The summed E-state index contributed by atoms with van der Waals surface area (Å²) in [7, 11) is 0. The van der Waals surface area contributed by atoms with Crippen molar-refractivity contribution >= 4 is 17.5 Å². The minimum atomic E-state index is -1.27. The van der Waals surface area contributed by atoms with E-state index in [1.165, 1.54) is 0 Å². The first-order valence-corrected chi connectivity index (χ1v) is 8.53. The highest BCUT2D eigenvalue weighted by Gasteiger charge is 2.42. The van der Waals surface area contributed by atoms with Gasteiger partial charge in [0.05, 0.1) is 18.6 Å². The van der Waals surface area contributed by atoms with Crippen LogP contribution in [0.1, 0.15) is 18.4 Å². The van der Waals surface area contributed by atoms with Gasteiger partial charge in [-0.05, 0) is 17.7 Å². The Kier molecular flexibility index (Phi) is 5.19. The molecule has 1 heterocycles. The number of rotatable bonds is 6. The van der Waals surface area contributed by atoms with Gasteiger partial charge in [-0.15, -0.1) is 0 Å². The maximum Gasteiger partial charge on any atom is 0.251 e. The molecule has 0 spiro atoms. The molecular weight excluding hydrogens is 328 g/mol. The Morgan fingerprint density at radius 1 is 1.12 bits per heavy atom. The van der Waals surface area contributed by atoms with Crippen molar-refractivity contribution < 1.29 is 14.7 Å². The molecule has 1 aliphatic heterocycles. The van der Waals surface area contributed by atoms with Crippen molar-refractivity contribution in [3.05, 3.63) is 78.4 Å². The molecule has 1 fully saturated rings. The van der Waals surface area contributed by atoms with Crippen LogP contribution >= 0.6 is 0 Å². The quantitative estimate of drug-likeness (QED) is 0.787. The summed E-state index contributed by atoms with van der Waals surface area (Å²) in [5.74, 6) is -0.466. The number of nitrogens with zero attached hydrogens (tertiary/aromatic N) is 1. The van der Waals surface area contributed by atoms with Crippen LogP contribution in [0.5, 0.6) is 0 Å². The normalized spacial score (nSPS) is 19.4. The molecule has 0 aliphatic carbocycles. The lowest BCUT2D eigenvalue weighted by Gasteiger charge is -2.23. The Morgan fingerprint density at radius 3 is 2.38 bits per heavy atom. The Bertz CT molecular complexity index is 805. The zero-order valence-corrected chi connectivity index (χ0v) is 14.5. The van der Waals surface area contributed by atoms with Crippen LogP contribution in [0, 0.1) is 0 Å². The first-order valence-electron chi connectivity index (χ1n) is 8.53. The molecule has 2 aromatic rings. The average Bonchev–Trinajstić information content (AvgIpc) is 2.90. The smallest absolute Gasteiger partial charge is 0.251 e. The molecule has 1 aliphatic rings. The maximum atomic E-state index is 12.3. The van der Waals surface area contributed by atoms with Gasteiger partial charge in [0.25, 0.3) is 5.91 Å². The van der Waals surface area contributed by atoms with Gasteiger partial charge in [0.1, 0.15) is 0 Å². The van der Waals surface area contributed by atoms with Crippen molar-refractivity contribution in [1.82, 2.24) is 4.90 Å². The number of aliphatic hydroxyl groups is 1. The molecule has 0 aromatic heterocycles. The molecule has 134 valence electrons. The van der Waals surface area contributed by atoms with Crippen molar-refractivity contribution in [2.75, 3.05) is 11.9 Å². The minimum absolute atomic E-state index is 0.00251. The fourth-order valence-electron chi connectivity index (χ4n) is 3.18. The molecular formula is C21H22N2O3. The molecule has 2 aromatic carbocycles. The standard InChI is InChI=1S/C21H22N2O3/c1-16(20(25)22-18-10-6-3-7-11-18)12-21(26)13-19(24)23(15-21)14-17-8-4-2-5-9-17/h2-11,26H,1,12-15H2,(H,22,25). The van der Waals surface area contributed by atoms with E-state index in [0.717, 1.165) is 5.56 Å². The number of amides is 2. The van der Waals surface area contributed by atoms with Gasteiger partial charge in [-0.3, -0.25) is 9.59 Å². The Balaban J connectivity index is 1.59. The molecule has 1 saturated heterocycles. The van der Waals surface area contributed by atoms with Gasteiger partial charge in [0, 0.05) is 24.2 Å². The molecule has 1 unspecified atom stereocenters. The minimum Gasteiger partial charge on any atom is -0.387 e. The zero-order valence-electron chi connectivity index (χ0n) is 14.5. The predicted molar refractivity (Wildman–Crippen MR) is 100 cm³/mol. The van der Waals surface area contributed by atoms with Crippen molar-refractivity contribution in [2.24, 2.45) is 0 Å². The van der Waals surface area contributed by atoms with Crippen molar-refractivity contribution in [3.8, 4) is 0 Å². The second-order valence-electron chi connectivity index (χ2n) is 6.74. The molecule has 3 rings (SSSR count). The molecule has 0 bridgehead atoms. The first kappa shape index (κ1) is 17.9. The van der Waals surface area contributed by atoms with E-state index in [9.17, 15) is 14.7 Å². The summed E-state index contributed by atoms with van der Waals surface area (Å²) in [4.78, 5) is 26.2. The summed E-state index contributed by atoms with van der Waals surface area (Å²) in [6.07, 6.45) is 0.0557. The van der Waals surface area contributed by atoms with E-state index in [0.29, 0.717) is 12.2 Å². The van der Waals surface area contributed by atoms with Gasteiger partial charge in [-0.2, -0.15) is 0 Å². The molecule has 0 radical (unpaired) electrons. The highest BCUT2D eigenvalue weighted by molar-refractivity contribution is 6.03. The summed E-state index contributed by atoms with van der Waals surface area (Å²) in [5, 5.41) is 13.5. The van der Waals surface area contributed by atoms with Crippen LogP contribution in [0.15, 0.2) is 72.8 Å². The van der Waals surface area contributed by atoms with Crippen molar-refractivity contribution in [1.29, 1.82) is 0 Å². The zero-order chi connectivity index (χ0) is 18.6. The lowest BCUT2D eigenvalue weighted by Crippen LogP contribution is -2.35. The lowest BCUT2D eigenvalue weighted by atomic mass is 9.93. The number of likely N-dealkylation sites (tertiary alicyclic amines) is 1. The largest absolute Gasteiger partial charge is 0.387 e. The van der Waals surface area contributed by atoms with Crippen LogP contribution < -0.4 is 5.32 Å². The third kappa shape index (κ3) is 4.37. The summed E-state index contributed by atoms with van der Waals surface area (Å²) >= 11 is 0. The van der Waals surface area contributed by atoms with E-state index in [-0.39, 0.29) is 36.8 Å². The third-order valence-corrected chi connectivity index (χ3v) is 4.43. The predicted octanol–water partition coefficient (Wildman–Crippen LogP) is 2.74. The molecule has 1 atom stereocenters. The highest BCUT2D eigenvalue weighted by Crippen LogP contribution is 2.30. The summed E-state index contributed by atoms with van der Waals surface area (Å²) in [5.41, 5.74) is 0.659. The second-order valence-corrected chi connectivity index (χ2v) is 6.74. The van der Waals surface area contributed by atoms with Crippen molar-refractivity contribution in [2.45, 2.75) is 25.0 Å². The van der Waals surface area contributed by atoms with Crippen molar-refractivity contribution in [3.63, 3.8) is 0 Å². The Hall–Kier alpha value is -2.92. The van der Waals surface area contributed by atoms with E-state index in [1.54, 1.807) is 17.0 Å². The van der Waals surface area contributed by atoms with Crippen LogP contribution in [-0.2, 0) is 16.1 Å². The number of benzene rings is 2. The van der Waals surface area contributed by atoms with Gasteiger partial charge in [0.15, 0.2) is 0 Å².